The second-order valence-corrected chi connectivity index (χ2v) is 5.66. The Morgan fingerprint density at radius 2 is 1.76 bits per heavy atom. The normalized spacial score (nSPS) is 15.5. The fourth-order valence-electron chi connectivity index (χ4n) is 2.44. The minimum Gasteiger partial charge on any atom is -0.497 e. The van der Waals surface area contributed by atoms with Crippen LogP contribution >= 0.6 is 11.6 Å². The largest absolute Gasteiger partial charge is 0.497 e. The number of rotatable bonds is 4. The van der Waals surface area contributed by atoms with E-state index in [1.807, 2.05) is 0 Å². The quantitative estimate of drug-likeness (QED) is 0.674. The summed E-state index contributed by atoms with van der Waals surface area (Å²) >= 11 is 5.85. The van der Waals surface area contributed by atoms with Crippen molar-refractivity contribution in [3.63, 3.8) is 0 Å². The van der Waals surface area contributed by atoms with Crippen molar-refractivity contribution in [3.05, 3.63) is 58.6 Å². The van der Waals surface area contributed by atoms with Crippen molar-refractivity contribution < 1.29 is 19.1 Å². The van der Waals surface area contributed by atoms with Crippen LogP contribution in [0.15, 0.2) is 48.0 Å². The third-order valence-corrected chi connectivity index (χ3v) is 3.96. The Kier molecular flexibility index (Phi) is 4.63. The van der Waals surface area contributed by atoms with Gasteiger partial charge in [0.2, 0.25) is 0 Å². The molecule has 6 nitrogen and oxygen atoms in total. The van der Waals surface area contributed by atoms with Gasteiger partial charge >= 0.3 is 0 Å². The Bertz CT molecular complexity index is 862. The van der Waals surface area contributed by atoms with Crippen LogP contribution in [0.5, 0.6) is 11.5 Å². The van der Waals surface area contributed by atoms with E-state index in [0.29, 0.717) is 27.8 Å². The number of carbonyl (C=O) groups is 2. The average Bonchev–Trinajstić information content (AvgIpc) is 2.90. The highest BCUT2D eigenvalue weighted by atomic mass is 35.5. The maximum absolute atomic E-state index is 12.6. The predicted molar refractivity (Wildman–Crippen MR) is 94.6 cm³/mol. The molecule has 0 radical (unpaired) electrons. The molecule has 1 saturated heterocycles. The van der Waals surface area contributed by atoms with Crippen LogP contribution in [0.4, 0.5) is 5.69 Å². The van der Waals surface area contributed by atoms with Crippen molar-refractivity contribution in [3.8, 4) is 11.5 Å². The molecule has 0 unspecified atom stereocenters. The van der Waals surface area contributed by atoms with Crippen LogP contribution in [0.25, 0.3) is 6.08 Å². The summed E-state index contributed by atoms with van der Waals surface area (Å²) in [5.74, 6) is 0.161. The molecule has 1 heterocycles. The fourth-order valence-corrected chi connectivity index (χ4v) is 2.56. The van der Waals surface area contributed by atoms with Crippen molar-refractivity contribution in [2.75, 3.05) is 19.2 Å². The minimum atomic E-state index is -0.496. The first-order valence-electron chi connectivity index (χ1n) is 7.38. The zero-order chi connectivity index (χ0) is 18.0. The summed E-state index contributed by atoms with van der Waals surface area (Å²) in [6, 6.07) is 11.7. The molecule has 1 N–H and O–H groups in total. The Hall–Kier alpha value is -2.99. The van der Waals surface area contributed by atoms with Gasteiger partial charge in [0.15, 0.2) is 0 Å². The molecule has 2 amide bonds. The van der Waals surface area contributed by atoms with E-state index in [1.165, 1.54) is 25.3 Å². The molecule has 128 valence electrons. The molecule has 0 saturated carbocycles. The van der Waals surface area contributed by atoms with Crippen LogP contribution in [0.3, 0.4) is 0 Å². The second kappa shape index (κ2) is 6.86. The zero-order valence-electron chi connectivity index (χ0n) is 13.6. The number of methoxy groups -OCH3 is 2. The van der Waals surface area contributed by atoms with E-state index in [4.69, 9.17) is 21.1 Å². The summed E-state index contributed by atoms with van der Waals surface area (Å²) in [4.78, 5) is 24.9. The minimum absolute atomic E-state index is 0.00139. The maximum Gasteiger partial charge on any atom is 0.282 e. The third-order valence-electron chi connectivity index (χ3n) is 3.71. The number of benzene rings is 2. The van der Waals surface area contributed by atoms with Gasteiger partial charge in [-0.05, 0) is 48.5 Å². The summed E-state index contributed by atoms with van der Waals surface area (Å²) in [6.45, 7) is 0. The summed E-state index contributed by atoms with van der Waals surface area (Å²) in [5.41, 5.74) is 3.62. The smallest absolute Gasteiger partial charge is 0.282 e. The molecule has 0 aliphatic carbocycles. The highest BCUT2D eigenvalue weighted by molar-refractivity contribution is 6.32. The number of nitrogens with zero attached hydrogens (tertiary/aromatic N) is 1. The number of hydrogen-bond donors (Lipinski definition) is 1. The predicted octanol–water partition coefficient (Wildman–Crippen LogP) is 2.82. The standard InChI is InChI=1S/C18H15ClN2O4/c1-24-14-7-8-16(25-2)11(9-14)10-15-17(22)20-21(18(15)23)13-5-3-12(19)4-6-13/h3-10H,1-2H3,(H,20,22)/b15-10-. The van der Waals surface area contributed by atoms with Crippen LogP contribution < -0.4 is 19.9 Å². The Labute approximate surface area is 149 Å². The highest BCUT2D eigenvalue weighted by Gasteiger charge is 2.34. The van der Waals surface area contributed by atoms with Gasteiger partial charge in [-0.1, -0.05) is 11.6 Å². The van der Waals surface area contributed by atoms with Gasteiger partial charge in [-0.25, -0.2) is 5.01 Å². The van der Waals surface area contributed by atoms with E-state index in [1.54, 1.807) is 42.5 Å². The first kappa shape index (κ1) is 16.9. The zero-order valence-corrected chi connectivity index (χ0v) is 14.3. The molecule has 1 aliphatic rings. The van der Waals surface area contributed by atoms with E-state index in [-0.39, 0.29) is 5.57 Å². The number of hydrazine groups is 1. The van der Waals surface area contributed by atoms with Gasteiger partial charge in [0.25, 0.3) is 11.8 Å². The molecule has 0 atom stereocenters. The van der Waals surface area contributed by atoms with Gasteiger partial charge in [-0.2, -0.15) is 0 Å². The number of carbonyl (C=O) groups excluding carboxylic acids is 2. The molecule has 3 rings (SSSR count). The van der Waals surface area contributed by atoms with E-state index in [9.17, 15) is 9.59 Å². The first-order valence-corrected chi connectivity index (χ1v) is 7.76. The van der Waals surface area contributed by atoms with Crippen molar-refractivity contribution >= 4 is 35.2 Å². The van der Waals surface area contributed by atoms with Crippen molar-refractivity contribution in [2.24, 2.45) is 0 Å². The van der Waals surface area contributed by atoms with Crippen molar-refractivity contribution in [1.29, 1.82) is 0 Å². The molecule has 25 heavy (non-hydrogen) atoms. The summed E-state index contributed by atoms with van der Waals surface area (Å²) in [5, 5.41) is 1.72. The number of hydrogen-bond acceptors (Lipinski definition) is 4. The fraction of sp³-hybridized carbons (Fsp3) is 0.111. The van der Waals surface area contributed by atoms with Gasteiger partial charge in [0.1, 0.15) is 17.1 Å². The molecule has 0 bridgehead atoms. The van der Waals surface area contributed by atoms with E-state index in [2.05, 4.69) is 5.43 Å². The number of halogens is 1. The van der Waals surface area contributed by atoms with Gasteiger partial charge in [0.05, 0.1) is 19.9 Å². The average molecular weight is 359 g/mol. The molecular formula is C18H15ClN2O4. The van der Waals surface area contributed by atoms with Crippen LogP contribution in [0.2, 0.25) is 5.02 Å². The molecule has 0 spiro atoms. The Balaban J connectivity index is 1.97. The lowest BCUT2D eigenvalue weighted by Gasteiger charge is -2.14. The van der Waals surface area contributed by atoms with Crippen molar-refractivity contribution in [2.45, 2.75) is 0 Å². The highest BCUT2D eigenvalue weighted by Crippen LogP contribution is 2.28. The van der Waals surface area contributed by atoms with Crippen LogP contribution in [0.1, 0.15) is 5.56 Å². The molecule has 0 aromatic heterocycles. The van der Waals surface area contributed by atoms with Crippen LogP contribution in [-0.4, -0.2) is 26.0 Å². The summed E-state index contributed by atoms with van der Waals surface area (Å²) in [7, 11) is 3.05. The topological polar surface area (TPSA) is 67.9 Å². The number of nitrogens with one attached hydrogen (secondary N) is 1. The number of ether oxygens (including phenoxy) is 2. The third kappa shape index (κ3) is 3.29. The molecule has 2 aromatic carbocycles. The SMILES string of the molecule is COc1ccc(OC)c(/C=C2/C(=O)NN(c3ccc(Cl)cc3)C2=O)c1. The summed E-state index contributed by atoms with van der Waals surface area (Å²) < 4.78 is 10.5. The van der Waals surface area contributed by atoms with E-state index >= 15 is 0 Å². The Morgan fingerprint density at radius 1 is 1.04 bits per heavy atom. The van der Waals surface area contributed by atoms with Crippen molar-refractivity contribution in [1.82, 2.24) is 5.43 Å². The van der Waals surface area contributed by atoms with Gasteiger partial charge < -0.3 is 9.47 Å². The molecule has 1 aliphatic heterocycles. The molecule has 2 aromatic rings. The molecular weight excluding hydrogens is 344 g/mol. The second-order valence-electron chi connectivity index (χ2n) is 5.22. The van der Waals surface area contributed by atoms with Gasteiger partial charge in [-0.15, -0.1) is 0 Å². The lowest BCUT2D eigenvalue weighted by Crippen LogP contribution is -2.35. The number of anilines is 1. The summed E-state index contributed by atoms with van der Waals surface area (Å²) in [6.07, 6.45) is 1.48. The molecule has 1 fully saturated rings. The van der Waals surface area contributed by atoms with Gasteiger partial charge in [-0.3, -0.25) is 15.0 Å². The Morgan fingerprint density at radius 3 is 2.40 bits per heavy atom. The maximum atomic E-state index is 12.6. The first-order chi connectivity index (χ1) is 12.0. The van der Waals surface area contributed by atoms with Crippen LogP contribution in [0, 0.1) is 0 Å². The lowest BCUT2D eigenvalue weighted by atomic mass is 10.1. The number of amides is 2. The van der Waals surface area contributed by atoms with Gasteiger partial charge in [0, 0.05) is 10.6 Å². The van der Waals surface area contributed by atoms with E-state index < -0.39 is 11.8 Å². The molecule has 7 heteroatoms. The lowest BCUT2D eigenvalue weighted by molar-refractivity contribution is -0.117. The van der Waals surface area contributed by atoms with E-state index in [0.717, 1.165) is 0 Å². The monoisotopic (exact) mass is 358 g/mol. The van der Waals surface area contributed by atoms with Crippen LogP contribution in [-0.2, 0) is 9.59 Å².